The number of benzene rings is 1. The van der Waals surface area contributed by atoms with Crippen LogP contribution in [0.15, 0.2) is 48.7 Å². The molecule has 0 aliphatic rings. The number of nitrogens with zero attached hydrogens (tertiary/aromatic N) is 2. The molecule has 2 aromatic rings. The monoisotopic (exact) mass is 241 g/mol. The van der Waals surface area contributed by atoms with Crippen LogP contribution in [0.3, 0.4) is 0 Å². The Balaban J connectivity index is 2.32. The summed E-state index contributed by atoms with van der Waals surface area (Å²) in [4.78, 5) is 6.60. The molecule has 0 radical (unpaired) electrons. The van der Waals surface area contributed by atoms with Crippen LogP contribution in [-0.4, -0.2) is 18.6 Å². The Morgan fingerprint density at radius 2 is 1.89 bits per heavy atom. The number of anilines is 1. The van der Waals surface area contributed by atoms with Gasteiger partial charge in [-0.3, -0.25) is 4.98 Å². The van der Waals surface area contributed by atoms with Gasteiger partial charge in [-0.1, -0.05) is 24.3 Å². The molecule has 0 spiro atoms. The predicted molar refractivity (Wildman–Crippen MR) is 75.6 cm³/mol. The Labute approximate surface area is 108 Å². The number of aryl methyl sites for hydroxylation is 1. The Kier molecular flexibility index (Phi) is 3.95. The lowest BCUT2D eigenvalue weighted by molar-refractivity contribution is 0.659. The first kappa shape index (κ1) is 12.6. The van der Waals surface area contributed by atoms with E-state index >= 15 is 0 Å². The van der Waals surface area contributed by atoms with Gasteiger partial charge in [0, 0.05) is 25.5 Å². The molecule has 0 fully saturated rings. The molecular weight excluding hydrogens is 222 g/mol. The fraction of sp³-hybridized carbons (Fsp3) is 0.267. The Morgan fingerprint density at radius 3 is 2.50 bits per heavy atom. The van der Waals surface area contributed by atoms with Crippen LogP contribution in [0.25, 0.3) is 0 Å². The highest BCUT2D eigenvalue weighted by atomic mass is 15.2. The number of likely N-dealkylation sites (N-methyl/N-ethyl adjacent to an activating group) is 1. The smallest absolute Gasteiger partial charge is 0.0832 e. The van der Waals surface area contributed by atoms with Crippen LogP contribution in [0.4, 0.5) is 5.69 Å². The van der Waals surface area contributed by atoms with Gasteiger partial charge in [0.2, 0.25) is 0 Å². The molecule has 2 rings (SSSR count). The maximum Gasteiger partial charge on any atom is 0.0832 e. The highest BCUT2D eigenvalue weighted by Crippen LogP contribution is 2.26. The first-order chi connectivity index (χ1) is 8.74. The summed E-state index contributed by atoms with van der Waals surface area (Å²) in [5.74, 6) is 0. The van der Waals surface area contributed by atoms with Crippen molar-refractivity contribution in [3.63, 3.8) is 0 Å². The van der Waals surface area contributed by atoms with E-state index in [1.54, 1.807) is 0 Å². The van der Waals surface area contributed by atoms with Crippen molar-refractivity contribution in [2.24, 2.45) is 5.73 Å². The summed E-state index contributed by atoms with van der Waals surface area (Å²) in [6.07, 6.45) is 1.81. The van der Waals surface area contributed by atoms with Crippen molar-refractivity contribution >= 4 is 5.69 Å². The van der Waals surface area contributed by atoms with E-state index in [4.69, 9.17) is 5.73 Å². The molecule has 1 atom stereocenters. The largest absolute Gasteiger partial charge is 0.364 e. The van der Waals surface area contributed by atoms with Gasteiger partial charge in [-0.15, -0.1) is 0 Å². The zero-order chi connectivity index (χ0) is 13.0. The minimum atomic E-state index is 0.104. The van der Waals surface area contributed by atoms with Gasteiger partial charge in [0.1, 0.15) is 0 Å². The van der Waals surface area contributed by atoms with Gasteiger partial charge in [-0.2, -0.15) is 0 Å². The van der Waals surface area contributed by atoms with Crippen molar-refractivity contribution < 1.29 is 0 Å². The van der Waals surface area contributed by atoms with Crippen molar-refractivity contribution in [1.82, 2.24) is 4.98 Å². The van der Waals surface area contributed by atoms with Crippen LogP contribution < -0.4 is 10.6 Å². The average molecular weight is 241 g/mol. The molecule has 1 heterocycles. The second kappa shape index (κ2) is 5.65. The molecular formula is C15H19N3. The zero-order valence-corrected chi connectivity index (χ0v) is 10.9. The molecule has 2 N–H and O–H groups in total. The minimum Gasteiger partial charge on any atom is -0.364 e. The summed E-state index contributed by atoms with van der Waals surface area (Å²) in [6.45, 7) is 2.65. The van der Waals surface area contributed by atoms with E-state index in [1.807, 2.05) is 36.5 Å². The Morgan fingerprint density at radius 1 is 1.17 bits per heavy atom. The number of rotatable bonds is 4. The van der Waals surface area contributed by atoms with Gasteiger partial charge >= 0.3 is 0 Å². The number of para-hydroxylation sites is 1. The van der Waals surface area contributed by atoms with E-state index in [-0.39, 0.29) is 6.04 Å². The highest BCUT2D eigenvalue weighted by molar-refractivity contribution is 5.53. The van der Waals surface area contributed by atoms with E-state index in [9.17, 15) is 0 Å². The van der Waals surface area contributed by atoms with Crippen LogP contribution in [-0.2, 0) is 0 Å². The summed E-state index contributed by atoms with van der Waals surface area (Å²) in [6, 6.07) is 14.4. The summed E-state index contributed by atoms with van der Waals surface area (Å²) >= 11 is 0. The lowest BCUT2D eigenvalue weighted by Gasteiger charge is -2.29. The van der Waals surface area contributed by atoms with Crippen molar-refractivity contribution in [3.8, 4) is 0 Å². The minimum absolute atomic E-state index is 0.104. The standard InChI is InChI=1S/C15H19N3/c1-12-7-3-4-9-14(12)18(2)15(11-16)13-8-5-6-10-17-13/h3-10,15H,11,16H2,1-2H3. The zero-order valence-electron chi connectivity index (χ0n) is 10.9. The number of aromatic nitrogens is 1. The third-order valence-corrected chi connectivity index (χ3v) is 3.22. The van der Waals surface area contributed by atoms with E-state index in [2.05, 4.69) is 36.0 Å². The molecule has 0 aliphatic heterocycles. The summed E-state index contributed by atoms with van der Waals surface area (Å²) < 4.78 is 0. The van der Waals surface area contributed by atoms with Gasteiger partial charge in [-0.25, -0.2) is 0 Å². The highest BCUT2D eigenvalue weighted by Gasteiger charge is 2.17. The third-order valence-electron chi connectivity index (χ3n) is 3.22. The molecule has 1 aromatic carbocycles. The number of pyridine rings is 1. The second-order valence-corrected chi connectivity index (χ2v) is 4.40. The molecule has 0 saturated carbocycles. The van der Waals surface area contributed by atoms with Gasteiger partial charge in [0.05, 0.1) is 11.7 Å². The molecule has 3 nitrogen and oxygen atoms in total. The topological polar surface area (TPSA) is 42.1 Å². The summed E-state index contributed by atoms with van der Waals surface area (Å²) in [5.41, 5.74) is 9.35. The van der Waals surface area contributed by atoms with Crippen LogP contribution in [0, 0.1) is 6.92 Å². The second-order valence-electron chi connectivity index (χ2n) is 4.40. The van der Waals surface area contributed by atoms with Gasteiger partial charge in [-0.05, 0) is 30.7 Å². The first-order valence-electron chi connectivity index (χ1n) is 6.13. The van der Waals surface area contributed by atoms with Crippen LogP contribution in [0.5, 0.6) is 0 Å². The maximum atomic E-state index is 5.91. The molecule has 3 heteroatoms. The number of hydrogen-bond donors (Lipinski definition) is 1. The van der Waals surface area contributed by atoms with Crippen molar-refractivity contribution in [2.75, 3.05) is 18.5 Å². The first-order valence-corrected chi connectivity index (χ1v) is 6.13. The molecule has 1 unspecified atom stereocenters. The van der Waals surface area contributed by atoms with Crippen molar-refractivity contribution in [1.29, 1.82) is 0 Å². The molecule has 0 amide bonds. The SMILES string of the molecule is Cc1ccccc1N(C)C(CN)c1ccccn1. The van der Waals surface area contributed by atoms with Gasteiger partial charge < -0.3 is 10.6 Å². The molecule has 0 aliphatic carbocycles. The van der Waals surface area contributed by atoms with Crippen LogP contribution in [0.2, 0.25) is 0 Å². The Hall–Kier alpha value is -1.87. The molecule has 0 saturated heterocycles. The lowest BCUT2D eigenvalue weighted by Crippen LogP contribution is -2.31. The predicted octanol–water partition coefficient (Wildman–Crippen LogP) is 2.53. The van der Waals surface area contributed by atoms with Crippen LogP contribution >= 0.6 is 0 Å². The number of hydrogen-bond acceptors (Lipinski definition) is 3. The normalized spacial score (nSPS) is 12.2. The summed E-state index contributed by atoms with van der Waals surface area (Å²) in [7, 11) is 2.06. The number of nitrogens with two attached hydrogens (primary N) is 1. The van der Waals surface area contributed by atoms with Crippen molar-refractivity contribution in [2.45, 2.75) is 13.0 Å². The van der Waals surface area contributed by atoms with E-state index in [0.717, 1.165) is 5.69 Å². The molecule has 94 valence electrons. The van der Waals surface area contributed by atoms with Crippen molar-refractivity contribution in [3.05, 3.63) is 59.9 Å². The summed E-state index contributed by atoms with van der Waals surface area (Å²) in [5, 5.41) is 0. The van der Waals surface area contributed by atoms with E-state index in [1.165, 1.54) is 11.3 Å². The lowest BCUT2D eigenvalue weighted by atomic mass is 10.1. The van der Waals surface area contributed by atoms with E-state index < -0.39 is 0 Å². The Bertz CT molecular complexity index is 496. The maximum absolute atomic E-state index is 5.91. The fourth-order valence-corrected chi connectivity index (χ4v) is 2.18. The molecule has 1 aromatic heterocycles. The molecule has 0 bridgehead atoms. The quantitative estimate of drug-likeness (QED) is 0.894. The van der Waals surface area contributed by atoms with E-state index in [0.29, 0.717) is 6.54 Å². The van der Waals surface area contributed by atoms with Gasteiger partial charge in [0.15, 0.2) is 0 Å². The fourth-order valence-electron chi connectivity index (χ4n) is 2.18. The van der Waals surface area contributed by atoms with Crippen LogP contribution in [0.1, 0.15) is 17.3 Å². The van der Waals surface area contributed by atoms with Gasteiger partial charge in [0.25, 0.3) is 0 Å². The third kappa shape index (κ3) is 2.51. The average Bonchev–Trinajstić information content (AvgIpc) is 2.41. The molecule has 18 heavy (non-hydrogen) atoms.